The molecule has 0 radical (unpaired) electrons. The highest BCUT2D eigenvalue weighted by molar-refractivity contribution is 7.91. The number of nitrogens with one attached hydrogen (secondary N) is 4. The summed E-state index contributed by atoms with van der Waals surface area (Å²) in [7, 11) is -7.56. The molecule has 0 saturated carbocycles. The van der Waals surface area contributed by atoms with Crippen LogP contribution in [0.1, 0.15) is 45.8 Å². The molecule has 0 aliphatic carbocycles. The Morgan fingerprint density at radius 1 is 0.694 bits per heavy atom. The van der Waals surface area contributed by atoms with Crippen LogP contribution in [-0.4, -0.2) is 65.4 Å². The number of aromatic amines is 2. The van der Waals surface area contributed by atoms with Gasteiger partial charge in [-0.05, 0) is 83.8 Å². The zero-order valence-electron chi connectivity index (χ0n) is 33.2. The third kappa shape index (κ3) is 10.2. The second kappa shape index (κ2) is 18.5. The van der Waals surface area contributed by atoms with Crippen LogP contribution in [0.3, 0.4) is 0 Å². The topological polar surface area (TPSA) is 219 Å². The SMILES string of the molecule is CC(C)COc1cccc(S(=O)(=O)c2ccc(CNC(=O)c3cnc4[nH]ncc4c3)cc2)c1.O=C(NCc1ccc(S(=O)(=O)c2cncc(F)c2)cc1)c1cc2cnccc2[nH]1. The number of carbonyl (C=O) groups is 2. The number of halogens is 1. The maximum Gasteiger partial charge on any atom is 0.267 e. The van der Waals surface area contributed by atoms with Gasteiger partial charge in [-0.2, -0.15) is 5.10 Å². The van der Waals surface area contributed by atoms with Gasteiger partial charge in [0.2, 0.25) is 19.7 Å². The van der Waals surface area contributed by atoms with Crippen LogP contribution >= 0.6 is 0 Å². The number of pyridine rings is 3. The van der Waals surface area contributed by atoms with Crippen LogP contribution in [0.4, 0.5) is 4.39 Å². The van der Waals surface area contributed by atoms with Gasteiger partial charge in [-0.3, -0.25) is 24.7 Å². The van der Waals surface area contributed by atoms with Crippen LogP contribution in [0.15, 0.2) is 154 Å². The molecule has 4 N–H and O–H groups in total. The van der Waals surface area contributed by atoms with Crippen molar-refractivity contribution in [1.29, 1.82) is 0 Å². The number of H-pyrrole nitrogens is 2. The van der Waals surface area contributed by atoms with E-state index in [0.717, 1.165) is 40.3 Å². The lowest BCUT2D eigenvalue weighted by Gasteiger charge is -2.11. The Hall–Kier alpha value is -7.31. The van der Waals surface area contributed by atoms with Gasteiger partial charge in [0, 0.05) is 54.2 Å². The maximum atomic E-state index is 13.3. The largest absolute Gasteiger partial charge is 0.493 e. The molecule has 62 heavy (non-hydrogen) atoms. The molecule has 0 aliphatic heterocycles. The highest BCUT2D eigenvalue weighted by Crippen LogP contribution is 2.26. The van der Waals surface area contributed by atoms with E-state index in [1.165, 1.54) is 36.5 Å². The van der Waals surface area contributed by atoms with Crippen molar-refractivity contribution in [2.45, 2.75) is 46.5 Å². The average Bonchev–Trinajstić information content (AvgIpc) is 3.95. The molecule has 18 heteroatoms. The van der Waals surface area contributed by atoms with Crippen molar-refractivity contribution in [2.75, 3.05) is 6.61 Å². The van der Waals surface area contributed by atoms with E-state index in [4.69, 9.17) is 4.74 Å². The smallest absolute Gasteiger partial charge is 0.267 e. The zero-order valence-corrected chi connectivity index (χ0v) is 34.9. The summed E-state index contributed by atoms with van der Waals surface area (Å²) in [5, 5.41) is 13.8. The lowest BCUT2D eigenvalue weighted by Crippen LogP contribution is -2.23. The number of aromatic nitrogens is 6. The number of amides is 2. The number of benzene rings is 3. The fourth-order valence-electron chi connectivity index (χ4n) is 6.00. The van der Waals surface area contributed by atoms with E-state index in [0.29, 0.717) is 40.7 Å². The second-order valence-electron chi connectivity index (χ2n) is 14.4. The van der Waals surface area contributed by atoms with E-state index in [9.17, 15) is 30.8 Å². The molecule has 0 aliphatic rings. The molecule has 5 heterocycles. The molecule has 316 valence electrons. The molecule has 2 amide bonds. The van der Waals surface area contributed by atoms with Gasteiger partial charge in [0.05, 0.1) is 44.1 Å². The van der Waals surface area contributed by atoms with Crippen molar-refractivity contribution in [3.63, 3.8) is 0 Å². The number of carbonyl (C=O) groups excluding carboxylic acids is 2. The van der Waals surface area contributed by atoms with Crippen molar-refractivity contribution >= 4 is 53.4 Å². The highest BCUT2D eigenvalue weighted by atomic mass is 32.2. The second-order valence-corrected chi connectivity index (χ2v) is 18.3. The summed E-state index contributed by atoms with van der Waals surface area (Å²) in [5.74, 6) is -0.433. The fraction of sp³-hybridized carbons (Fsp3) is 0.136. The average molecular weight is 875 g/mol. The first-order valence-corrected chi connectivity index (χ1v) is 22.0. The first-order valence-electron chi connectivity index (χ1n) is 19.1. The number of nitrogens with zero attached hydrogens (tertiary/aromatic N) is 4. The van der Waals surface area contributed by atoms with Crippen molar-refractivity contribution in [1.82, 2.24) is 40.8 Å². The van der Waals surface area contributed by atoms with Gasteiger partial charge in [-0.25, -0.2) is 26.2 Å². The summed E-state index contributed by atoms with van der Waals surface area (Å²) in [4.78, 5) is 39.7. The standard InChI is InChI=1S/C24H24N4O4S.C20H15FN4O3S/c1-16(2)15-32-20-4-3-5-22(11-20)33(30,31)21-8-6-17(7-9-21)12-26-24(29)19-10-18-14-27-28-23(18)25-13-19;21-15-8-17(12-23-11-15)29(27,28)16-3-1-13(2-4-16)9-24-20(26)19-7-14-10-22-6-5-18(14)25-19/h3-11,13-14,16H,12,15H2,1-2H3,(H,26,29)(H,25,27,28);1-8,10-12,25H,9H2,(H,24,26). The summed E-state index contributed by atoms with van der Waals surface area (Å²) in [6.07, 6.45) is 8.41. The van der Waals surface area contributed by atoms with E-state index in [2.05, 4.69) is 40.8 Å². The minimum Gasteiger partial charge on any atom is -0.493 e. The van der Waals surface area contributed by atoms with Crippen LogP contribution in [0.2, 0.25) is 0 Å². The number of sulfone groups is 2. The molecule has 5 aromatic heterocycles. The zero-order chi connectivity index (χ0) is 43.9. The monoisotopic (exact) mass is 874 g/mol. The Kier molecular flexibility index (Phi) is 12.8. The predicted molar refractivity (Wildman–Crippen MR) is 227 cm³/mol. The summed E-state index contributed by atoms with van der Waals surface area (Å²) in [5.41, 5.74) is 3.74. The Labute approximate surface area is 355 Å². The van der Waals surface area contributed by atoms with Crippen molar-refractivity contribution in [3.05, 3.63) is 162 Å². The Morgan fingerprint density at radius 2 is 1.37 bits per heavy atom. The summed E-state index contributed by atoms with van der Waals surface area (Å²) >= 11 is 0. The molecule has 15 nitrogen and oxygen atoms in total. The third-order valence-corrected chi connectivity index (χ3v) is 12.8. The van der Waals surface area contributed by atoms with Gasteiger partial charge in [0.25, 0.3) is 11.8 Å². The fourth-order valence-corrected chi connectivity index (χ4v) is 8.53. The molecular weight excluding hydrogens is 836 g/mol. The lowest BCUT2D eigenvalue weighted by atomic mass is 10.2. The minimum absolute atomic E-state index is 0.0168. The van der Waals surface area contributed by atoms with Crippen molar-refractivity contribution < 1.29 is 35.6 Å². The predicted octanol–water partition coefficient (Wildman–Crippen LogP) is 6.62. The van der Waals surface area contributed by atoms with E-state index >= 15 is 0 Å². The summed E-state index contributed by atoms with van der Waals surface area (Å²) in [6, 6.07) is 25.1. The number of hydrogen-bond donors (Lipinski definition) is 4. The number of fused-ring (bicyclic) bond motifs is 2. The van der Waals surface area contributed by atoms with E-state index < -0.39 is 25.5 Å². The number of hydrogen-bond acceptors (Lipinski definition) is 11. The minimum atomic E-state index is -3.87. The van der Waals surface area contributed by atoms with E-state index in [-0.39, 0.29) is 44.5 Å². The van der Waals surface area contributed by atoms with Gasteiger partial charge in [0.15, 0.2) is 5.65 Å². The normalized spacial score (nSPS) is 11.5. The van der Waals surface area contributed by atoms with E-state index in [1.54, 1.807) is 79.3 Å². The van der Waals surface area contributed by atoms with Crippen molar-refractivity contribution in [3.8, 4) is 5.75 Å². The molecule has 0 bridgehead atoms. The lowest BCUT2D eigenvalue weighted by molar-refractivity contribution is 0.0940. The van der Waals surface area contributed by atoms with Crippen molar-refractivity contribution in [2.24, 2.45) is 5.92 Å². The van der Waals surface area contributed by atoms with Crippen LogP contribution in [0.5, 0.6) is 5.75 Å². The van der Waals surface area contributed by atoms with Gasteiger partial charge in [-0.1, -0.05) is 44.2 Å². The van der Waals surface area contributed by atoms with Gasteiger partial charge in [-0.15, -0.1) is 0 Å². The van der Waals surface area contributed by atoms with Gasteiger partial charge < -0.3 is 20.4 Å². The molecule has 0 saturated heterocycles. The Morgan fingerprint density at radius 3 is 2.03 bits per heavy atom. The first kappa shape index (κ1) is 42.8. The maximum absolute atomic E-state index is 13.3. The highest BCUT2D eigenvalue weighted by Gasteiger charge is 2.20. The molecule has 3 aromatic carbocycles. The number of rotatable bonds is 13. The van der Waals surface area contributed by atoms with Crippen LogP contribution in [0, 0.1) is 11.7 Å². The quantitative estimate of drug-likeness (QED) is 0.0965. The first-order chi connectivity index (χ1) is 29.8. The summed E-state index contributed by atoms with van der Waals surface area (Å²) in [6.45, 7) is 5.03. The molecule has 0 unspecified atom stereocenters. The number of ether oxygens (including phenoxy) is 1. The van der Waals surface area contributed by atoms with Crippen LogP contribution < -0.4 is 15.4 Å². The van der Waals surface area contributed by atoms with E-state index in [1.807, 2.05) is 13.8 Å². The molecule has 0 atom stereocenters. The van der Waals surface area contributed by atoms with Gasteiger partial charge >= 0.3 is 0 Å². The summed E-state index contributed by atoms with van der Waals surface area (Å²) < 4.78 is 70.1. The molecule has 0 spiro atoms. The van der Waals surface area contributed by atoms with Crippen LogP contribution in [0.25, 0.3) is 21.9 Å². The molecule has 0 fully saturated rings. The molecule has 8 rings (SSSR count). The Balaban J connectivity index is 0.000000188. The Bertz CT molecular complexity index is 3070. The molecular formula is C44H39FN8O7S2. The third-order valence-electron chi connectivity index (χ3n) is 9.28. The molecule has 8 aromatic rings. The van der Waals surface area contributed by atoms with Crippen LogP contribution in [-0.2, 0) is 32.8 Å². The van der Waals surface area contributed by atoms with Gasteiger partial charge in [0.1, 0.15) is 17.3 Å².